The maximum absolute atomic E-state index is 6.29. The molecule has 0 spiro atoms. The molecule has 7 nitrogen and oxygen atoms in total. The largest absolute Gasteiger partial charge is 0.353 e. The number of guanidine groups is 1. The van der Waals surface area contributed by atoms with Crippen LogP contribution in [0.3, 0.4) is 0 Å². The van der Waals surface area contributed by atoms with Crippen LogP contribution in [0.15, 0.2) is 66.0 Å². The van der Waals surface area contributed by atoms with Gasteiger partial charge < -0.3 is 15.5 Å². The van der Waals surface area contributed by atoms with E-state index in [4.69, 9.17) is 11.6 Å². The molecular weight excluding hydrogens is 513 g/mol. The third kappa shape index (κ3) is 5.23. The van der Waals surface area contributed by atoms with Gasteiger partial charge in [0.1, 0.15) is 5.82 Å². The van der Waals surface area contributed by atoms with Gasteiger partial charge >= 0.3 is 0 Å². The maximum Gasteiger partial charge on any atom is 0.191 e. The number of halogens is 2. The van der Waals surface area contributed by atoms with Crippen LogP contribution in [-0.2, 0) is 6.54 Å². The van der Waals surface area contributed by atoms with E-state index < -0.39 is 0 Å². The molecule has 0 radical (unpaired) electrons. The number of aliphatic imine (C=N–C) groups is 1. The molecule has 2 N–H and O–H groups in total. The van der Waals surface area contributed by atoms with Crippen molar-refractivity contribution in [2.24, 2.45) is 4.99 Å². The second-order valence-electron chi connectivity index (χ2n) is 6.89. The van der Waals surface area contributed by atoms with Crippen molar-refractivity contribution in [2.75, 3.05) is 25.0 Å². The number of para-hydroxylation sites is 1. The van der Waals surface area contributed by atoms with Gasteiger partial charge in [0.2, 0.25) is 0 Å². The molecule has 1 fully saturated rings. The number of hydrogen-bond acceptors (Lipinski definition) is 4. The summed E-state index contributed by atoms with van der Waals surface area (Å²) in [5.74, 6) is 1.62. The summed E-state index contributed by atoms with van der Waals surface area (Å²) in [4.78, 5) is 11.0. The Morgan fingerprint density at radius 1 is 1.20 bits per heavy atom. The van der Waals surface area contributed by atoms with Crippen molar-refractivity contribution in [1.82, 2.24) is 25.4 Å². The first-order chi connectivity index (χ1) is 14.2. The monoisotopic (exact) mass is 537 g/mol. The summed E-state index contributed by atoms with van der Waals surface area (Å²) in [6.07, 6.45) is 6.50. The van der Waals surface area contributed by atoms with E-state index in [0.29, 0.717) is 11.6 Å². The zero-order valence-electron chi connectivity index (χ0n) is 16.7. The summed E-state index contributed by atoms with van der Waals surface area (Å²) in [6.45, 7) is 2.40. The van der Waals surface area contributed by atoms with Crippen molar-refractivity contribution in [3.63, 3.8) is 0 Å². The van der Waals surface area contributed by atoms with Crippen LogP contribution in [0.1, 0.15) is 12.0 Å². The minimum atomic E-state index is 0. The maximum atomic E-state index is 6.29. The minimum Gasteiger partial charge on any atom is -0.353 e. The number of nitrogens with zero attached hydrogens (tertiary/aromatic N) is 5. The van der Waals surface area contributed by atoms with E-state index in [2.05, 4.69) is 42.7 Å². The van der Waals surface area contributed by atoms with Crippen LogP contribution in [0.5, 0.6) is 0 Å². The molecule has 4 rings (SSSR count). The Bertz CT molecular complexity index is 977. The average Bonchev–Trinajstić information content (AvgIpc) is 3.44. The van der Waals surface area contributed by atoms with E-state index in [1.807, 2.05) is 41.2 Å². The molecule has 3 heterocycles. The fraction of sp³-hybridized carbons (Fsp3) is 0.286. The standard InChI is InChI=1S/C21H24ClN7.HI/c1-23-21(25-14-16-6-2-3-8-19(16)29-12-5-11-26-29)27-17-9-13-28(15-17)20-18(22)7-4-10-24-20;/h2-8,10-12,17H,9,13-15H2,1H3,(H2,23,25,27);1H. The average molecular weight is 538 g/mol. The molecule has 0 aliphatic carbocycles. The highest BCUT2D eigenvalue weighted by molar-refractivity contribution is 14.0. The minimum absolute atomic E-state index is 0. The molecule has 1 aromatic carbocycles. The molecule has 2 aromatic heterocycles. The molecule has 0 saturated carbocycles. The van der Waals surface area contributed by atoms with Gasteiger partial charge in [0.15, 0.2) is 5.96 Å². The number of aromatic nitrogens is 3. The Balaban J connectivity index is 0.00000256. The number of pyridine rings is 1. The smallest absolute Gasteiger partial charge is 0.191 e. The molecule has 158 valence electrons. The van der Waals surface area contributed by atoms with Gasteiger partial charge in [0.25, 0.3) is 0 Å². The Kier molecular flexibility index (Phi) is 7.92. The van der Waals surface area contributed by atoms with Gasteiger partial charge in [-0.2, -0.15) is 5.10 Å². The lowest BCUT2D eigenvalue weighted by atomic mass is 10.2. The first kappa shape index (κ1) is 22.4. The molecule has 0 amide bonds. The lowest BCUT2D eigenvalue weighted by molar-refractivity contribution is 0.647. The fourth-order valence-corrected chi connectivity index (χ4v) is 3.78. The van der Waals surface area contributed by atoms with Gasteiger partial charge in [-0.05, 0) is 36.2 Å². The zero-order valence-corrected chi connectivity index (χ0v) is 19.8. The highest BCUT2D eigenvalue weighted by atomic mass is 127. The predicted molar refractivity (Wildman–Crippen MR) is 132 cm³/mol. The van der Waals surface area contributed by atoms with Gasteiger partial charge in [-0.15, -0.1) is 24.0 Å². The molecule has 0 bridgehead atoms. The summed E-state index contributed by atoms with van der Waals surface area (Å²) in [5.41, 5.74) is 2.20. The molecule has 1 atom stereocenters. The lowest BCUT2D eigenvalue weighted by Crippen LogP contribution is -2.44. The van der Waals surface area contributed by atoms with Crippen LogP contribution < -0.4 is 15.5 Å². The topological polar surface area (TPSA) is 70.4 Å². The van der Waals surface area contributed by atoms with E-state index in [1.54, 1.807) is 19.4 Å². The van der Waals surface area contributed by atoms with Crippen LogP contribution in [0, 0.1) is 0 Å². The van der Waals surface area contributed by atoms with Crippen LogP contribution >= 0.6 is 35.6 Å². The quantitative estimate of drug-likeness (QED) is 0.296. The van der Waals surface area contributed by atoms with Gasteiger partial charge in [0, 0.05) is 51.3 Å². The lowest BCUT2D eigenvalue weighted by Gasteiger charge is -2.20. The molecule has 1 unspecified atom stereocenters. The van der Waals surface area contributed by atoms with E-state index in [-0.39, 0.29) is 30.0 Å². The number of anilines is 1. The Hall–Kier alpha value is -2.33. The fourth-order valence-electron chi connectivity index (χ4n) is 3.54. The molecular formula is C21H25ClIN7. The molecule has 30 heavy (non-hydrogen) atoms. The molecule has 3 aromatic rings. The number of rotatable bonds is 5. The summed E-state index contributed by atoms with van der Waals surface area (Å²) in [6, 6.07) is 14.1. The van der Waals surface area contributed by atoms with Gasteiger partial charge in [-0.1, -0.05) is 29.8 Å². The van der Waals surface area contributed by atoms with E-state index >= 15 is 0 Å². The molecule has 1 saturated heterocycles. The molecule has 1 aliphatic heterocycles. The Morgan fingerprint density at radius 2 is 2.07 bits per heavy atom. The van der Waals surface area contributed by atoms with E-state index in [1.165, 1.54) is 0 Å². The van der Waals surface area contributed by atoms with E-state index in [0.717, 1.165) is 42.5 Å². The van der Waals surface area contributed by atoms with Crippen molar-refractivity contribution in [3.05, 3.63) is 71.6 Å². The first-order valence-corrected chi connectivity index (χ1v) is 10.0. The third-order valence-electron chi connectivity index (χ3n) is 4.98. The molecule has 9 heteroatoms. The summed E-state index contributed by atoms with van der Waals surface area (Å²) < 4.78 is 1.87. The second-order valence-corrected chi connectivity index (χ2v) is 7.30. The normalized spacial score (nSPS) is 16.3. The number of nitrogens with one attached hydrogen (secondary N) is 2. The SMILES string of the molecule is CN=C(NCc1ccccc1-n1cccn1)NC1CCN(c2ncccc2Cl)C1.I. The highest BCUT2D eigenvalue weighted by Gasteiger charge is 2.25. The van der Waals surface area contributed by atoms with Crippen LogP contribution in [0.25, 0.3) is 5.69 Å². The zero-order chi connectivity index (χ0) is 20.1. The highest BCUT2D eigenvalue weighted by Crippen LogP contribution is 2.25. The number of benzene rings is 1. The van der Waals surface area contributed by atoms with Gasteiger partial charge in [-0.3, -0.25) is 4.99 Å². The van der Waals surface area contributed by atoms with Crippen molar-refractivity contribution in [3.8, 4) is 5.69 Å². The summed E-state index contributed by atoms with van der Waals surface area (Å²) in [7, 11) is 1.79. The van der Waals surface area contributed by atoms with Gasteiger partial charge in [0.05, 0.1) is 10.7 Å². The summed E-state index contributed by atoms with van der Waals surface area (Å²) >= 11 is 6.29. The van der Waals surface area contributed by atoms with Crippen LogP contribution in [0.4, 0.5) is 5.82 Å². The Labute approximate surface area is 198 Å². The third-order valence-corrected chi connectivity index (χ3v) is 5.28. The van der Waals surface area contributed by atoms with Crippen LogP contribution in [0.2, 0.25) is 5.02 Å². The van der Waals surface area contributed by atoms with Crippen molar-refractivity contribution < 1.29 is 0 Å². The Morgan fingerprint density at radius 3 is 2.83 bits per heavy atom. The van der Waals surface area contributed by atoms with Crippen molar-refractivity contribution in [1.29, 1.82) is 0 Å². The van der Waals surface area contributed by atoms with E-state index in [9.17, 15) is 0 Å². The molecule has 1 aliphatic rings. The predicted octanol–water partition coefficient (Wildman–Crippen LogP) is 3.48. The van der Waals surface area contributed by atoms with Crippen LogP contribution in [-0.4, -0.2) is 46.9 Å². The second kappa shape index (κ2) is 10.6. The summed E-state index contributed by atoms with van der Waals surface area (Å²) in [5, 5.41) is 12.0. The number of hydrogen-bond donors (Lipinski definition) is 2. The first-order valence-electron chi connectivity index (χ1n) is 9.65. The van der Waals surface area contributed by atoms with Crippen molar-refractivity contribution in [2.45, 2.75) is 19.0 Å². The van der Waals surface area contributed by atoms with Gasteiger partial charge in [-0.25, -0.2) is 9.67 Å². The van der Waals surface area contributed by atoms with Crippen molar-refractivity contribution >= 4 is 47.4 Å².